The van der Waals surface area contributed by atoms with E-state index in [2.05, 4.69) is 48.3 Å². The summed E-state index contributed by atoms with van der Waals surface area (Å²) in [4.78, 5) is 19.6. The molecule has 1 amide bonds. The smallest absolute Gasteiger partial charge is 0.274 e. The van der Waals surface area contributed by atoms with Gasteiger partial charge in [-0.1, -0.05) is 26.0 Å². The Morgan fingerprint density at radius 2 is 1.93 bits per heavy atom. The second-order valence-electron chi connectivity index (χ2n) is 8.25. The van der Waals surface area contributed by atoms with E-state index in [0.717, 1.165) is 46.9 Å². The van der Waals surface area contributed by atoms with E-state index in [1.54, 1.807) is 7.11 Å². The molecular weight excluding hydrogens is 376 g/mol. The van der Waals surface area contributed by atoms with Crippen LogP contribution in [0.15, 0.2) is 42.5 Å². The van der Waals surface area contributed by atoms with Crippen LogP contribution >= 0.6 is 0 Å². The quantitative estimate of drug-likeness (QED) is 0.678. The molecule has 3 aromatic rings. The van der Waals surface area contributed by atoms with Crippen LogP contribution in [0.1, 0.15) is 59.7 Å². The second kappa shape index (κ2) is 8.30. The Kier molecular flexibility index (Phi) is 5.57. The first-order valence-electron chi connectivity index (χ1n) is 10.4. The van der Waals surface area contributed by atoms with Crippen LogP contribution in [0.5, 0.6) is 5.75 Å². The average Bonchev–Trinajstić information content (AvgIpc) is 3.43. The molecular formula is C24H28N4O2. The maximum Gasteiger partial charge on any atom is 0.274 e. The van der Waals surface area contributed by atoms with E-state index in [9.17, 15) is 4.79 Å². The van der Waals surface area contributed by atoms with E-state index in [1.807, 2.05) is 30.0 Å². The van der Waals surface area contributed by atoms with Crippen molar-refractivity contribution in [3.63, 3.8) is 0 Å². The number of likely N-dealkylation sites (tertiary alicyclic amines) is 1. The first-order valence-corrected chi connectivity index (χ1v) is 10.4. The van der Waals surface area contributed by atoms with E-state index in [1.165, 1.54) is 0 Å². The monoisotopic (exact) mass is 404 g/mol. The molecule has 4 rings (SSSR count). The Balaban J connectivity index is 1.52. The Hall–Kier alpha value is -3.15. The molecule has 1 N–H and O–H groups in total. The maximum atomic E-state index is 12.9. The number of hydrogen-bond acceptors (Lipinski definition) is 4. The lowest BCUT2D eigenvalue weighted by Crippen LogP contribution is -2.28. The normalized spacial score (nSPS) is 16.3. The zero-order valence-corrected chi connectivity index (χ0v) is 18.0. The molecule has 6 heteroatoms. The van der Waals surface area contributed by atoms with Crippen molar-refractivity contribution in [2.75, 3.05) is 20.2 Å². The summed E-state index contributed by atoms with van der Waals surface area (Å²) in [7, 11) is 1.67. The number of hydrogen-bond donors (Lipinski definition) is 1. The van der Waals surface area contributed by atoms with Crippen molar-refractivity contribution in [3.05, 3.63) is 65.2 Å². The summed E-state index contributed by atoms with van der Waals surface area (Å²) in [6.07, 6.45) is 0.908. The van der Waals surface area contributed by atoms with Crippen LogP contribution in [0.3, 0.4) is 0 Å². The third-order valence-electron chi connectivity index (χ3n) is 5.73. The van der Waals surface area contributed by atoms with Gasteiger partial charge in [-0.3, -0.25) is 14.9 Å². The Bertz CT molecular complexity index is 1040. The average molecular weight is 405 g/mol. The summed E-state index contributed by atoms with van der Waals surface area (Å²) in [5.41, 5.74) is 5.78. The zero-order chi connectivity index (χ0) is 21.3. The van der Waals surface area contributed by atoms with E-state index >= 15 is 0 Å². The molecule has 1 aliphatic heterocycles. The summed E-state index contributed by atoms with van der Waals surface area (Å²) in [6, 6.07) is 14.2. The molecule has 3 heterocycles. The number of aryl methyl sites for hydroxylation is 1. The summed E-state index contributed by atoms with van der Waals surface area (Å²) in [5, 5.41) is 7.19. The van der Waals surface area contributed by atoms with Gasteiger partial charge >= 0.3 is 0 Å². The van der Waals surface area contributed by atoms with Crippen molar-refractivity contribution in [1.82, 2.24) is 20.1 Å². The number of amides is 1. The highest BCUT2D eigenvalue weighted by Gasteiger charge is 2.30. The lowest BCUT2D eigenvalue weighted by Gasteiger charge is -2.16. The summed E-state index contributed by atoms with van der Waals surface area (Å²) in [6.45, 7) is 7.57. The molecule has 1 fully saturated rings. The molecule has 2 aromatic heterocycles. The van der Waals surface area contributed by atoms with Gasteiger partial charge in [0, 0.05) is 36.1 Å². The number of nitrogens with one attached hydrogen (secondary N) is 1. The molecule has 0 aliphatic carbocycles. The van der Waals surface area contributed by atoms with Crippen LogP contribution in [0.2, 0.25) is 0 Å². The topological polar surface area (TPSA) is 71.1 Å². The Morgan fingerprint density at radius 1 is 1.17 bits per heavy atom. The number of carbonyl (C=O) groups excluding carboxylic acids is 1. The van der Waals surface area contributed by atoms with Crippen molar-refractivity contribution < 1.29 is 9.53 Å². The molecule has 0 radical (unpaired) electrons. The fourth-order valence-electron chi connectivity index (χ4n) is 3.94. The number of nitrogens with zero attached hydrogens (tertiary/aromatic N) is 3. The van der Waals surface area contributed by atoms with Gasteiger partial charge < -0.3 is 9.64 Å². The number of benzene rings is 1. The predicted octanol–water partition coefficient (Wildman–Crippen LogP) is 4.54. The minimum atomic E-state index is -0.0105. The highest BCUT2D eigenvalue weighted by Crippen LogP contribution is 2.31. The largest absolute Gasteiger partial charge is 0.497 e. The van der Waals surface area contributed by atoms with E-state index < -0.39 is 0 Å². The minimum absolute atomic E-state index is 0.0105. The number of aromatic nitrogens is 3. The van der Waals surface area contributed by atoms with E-state index in [4.69, 9.17) is 9.72 Å². The van der Waals surface area contributed by atoms with Crippen LogP contribution < -0.4 is 4.74 Å². The third-order valence-corrected chi connectivity index (χ3v) is 5.73. The summed E-state index contributed by atoms with van der Waals surface area (Å²) < 4.78 is 5.26. The molecule has 0 bridgehead atoms. The van der Waals surface area contributed by atoms with Gasteiger partial charge in [0.05, 0.1) is 7.11 Å². The number of pyridine rings is 1. The van der Waals surface area contributed by atoms with Gasteiger partial charge in [-0.15, -0.1) is 0 Å². The molecule has 6 nitrogen and oxygen atoms in total. The molecule has 1 atom stereocenters. The van der Waals surface area contributed by atoms with Gasteiger partial charge in [0.2, 0.25) is 0 Å². The summed E-state index contributed by atoms with van der Waals surface area (Å²) >= 11 is 0. The lowest BCUT2D eigenvalue weighted by atomic mass is 9.98. The highest BCUT2D eigenvalue weighted by atomic mass is 16.5. The number of methoxy groups -OCH3 is 1. The van der Waals surface area contributed by atoms with Gasteiger partial charge in [-0.05, 0) is 60.7 Å². The van der Waals surface area contributed by atoms with Crippen LogP contribution in [0.25, 0.3) is 11.1 Å². The molecule has 30 heavy (non-hydrogen) atoms. The van der Waals surface area contributed by atoms with Crippen LogP contribution in [-0.2, 0) is 0 Å². The highest BCUT2D eigenvalue weighted by molar-refractivity contribution is 5.92. The number of carbonyl (C=O) groups is 1. The van der Waals surface area contributed by atoms with Crippen molar-refractivity contribution in [3.8, 4) is 16.9 Å². The second-order valence-corrected chi connectivity index (χ2v) is 8.25. The molecule has 0 spiro atoms. The lowest BCUT2D eigenvalue weighted by molar-refractivity contribution is 0.0785. The number of rotatable bonds is 5. The zero-order valence-electron chi connectivity index (χ0n) is 18.0. The molecule has 1 aliphatic rings. The number of aromatic amines is 1. The fourth-order valence-corrected chi connectivity index (χ4v) is 3.94. The first kappa shape index (κ1) is 20.1. The van der Waals surface area contributed by atoms with Crippen LogP contribution in [-0.4, -0.2) is 46.2 Å². The molecule has 0 saturated carbocycles. The summed E-state index contributed by atoms with van der Waals surface area (Å²) in [5.74, 6) is 1.38. The van der Waals surface area contributed by atoms with Gasteiger partial charge in [0.1, 0.15) is 11.4 Å². The molecule has 1 aromatic carbocycles. The van der Waals surface area contributed by atoms with Crippen LogP contribution in [0, 0.1) is 6.92 Å². The van der Waals surface area contributed by atoms with Crippen molar-refractivity contribution in [2.45, 2.75) is 39.0 Å². The maximum absolute atomic E-state index is 12.9. The van der Waals surface area contributed by atoms with Crippen molar-refractivity contribution in [2.24, 2.45) is 0 Å². The minimum Gasteiger partial charge on any atom is -0.497 e. The van der Waals surface area contributed by atoms with Gasteiger partial charge in [-0.25, -0.2) is 0 Å². The van der Waals surface area contributed by atoms with E-state index in [-0.39, 0.29) is 11.8 Å². The van der Waals surface area contributed by atoms with Crippen LogP contribution in [0.4, 0.5) is 0 Å². The van der Waals surface area contributed by atoms with Gasteiger partial charge in [0.15, 0.2) is 0 Å². The standard InChI is InChI=1S/C24H28N4O2/c1-15(2)21-13-23(27-26-21)24(29)28-10-9-18(14-28)22-12-19(11-16(3)25-22)17-5-7-20(30-4)8-6-17/h5-8,11-13,15,18H,9-10,14H2,1-4H3,(H,26,27). The number of ether oxygens (including phenoxy) is 1. The molecule has 1 saturated heterocycles. The fraction of sp³-hybridized carbons (Fsp3) is 0.375. The number of H-pyrrole nitrogens is 1. The Labute approximate surface area is 177 Å². The Morgan fingerprint density at radius 3 is 2.60 bits per heavy atom. The SMILES string of the molecule is COc1ccc(-c2cc(C)nc(C3CCN(C(=O)c4cc(C(C)C)[nH]n4)C3)c2)cc1. The van der Waals surface area contributed by atoms with E-state index in [0.29, 0.717) is 18.2 Å². The third kappa shape index (κ3) is 4.08. The van der Waals surface area contributed by atoms with Crippen molar-refractivity contribution in [1.29, 1.82) is 0 Å². The van der Waals surface area contributed by atoms with Gasteiger partial charge in [0.25, 0.3) is 5.91 Å². The first-order chi connectivity index (χ1) is 14.4. The molecule has 156 valence electrons. The molecule has 1 unspecified atom stereocenters. The predicted molar refractivity (Wildman–Crippen MR) is 117 cm³/mol. The van der Waals surface area contributed by atoms with Gasteiger partial charge in [-0.2, -0.15) is 5.10 Å². The van der Waals surface area contributed by atoms with Crippen molar-refractivity contribution >= 4 is 5.91 Å².